The average molecular weight is 255 g/mol. The second kappa shape index (κ2) is 4.31. The van der Waals surface area contributed by atoms with Crippen LogP contribution in [0, 0.1) is 0 Å². The minimum Gasteiger partial charge on any atom is -0.385 e. The van der Waals surface area contributed by atoms with Crippen molar-refractivity contribution in [1.29, 1.82) is 0 Å². The molecule has 1 rings (SSSR count). The number of ether oxygens (including phenoxy) is 1. The molecule has 0 bridgehead atoms. The Kier molecular flexibility index (Phi) is 3.61. The van der Waals surface area contributed by atoms with Crippen LogP contribution >= 0.6 is 11.3 Å². The zero-order valence-electron chi connectivity index (χ0n) is 9.00. The molecule has 0 amide bonds. The summed E-state index contributed by atoms with van der Waals surface area (Å²) in [6.45, 7) is 3.18. The Morgan fingerprint density at radius 2 is 2.00 bits per heavy atom. The van der Waals surface area contributed by atoms with Gasteiger partial charge in [-0.2, -0.15) is 13.2 Å². The van der Waals surface area contributed by atoms with E-state index >= 15 is 0 Å². The lowest BCUT2D eigenvalue weighted by Crippen LogP contribution is -2.30. The van der Waals surface area contributed by atoms with Crippen LogP contribution in [0.5, 0.6) is 0 Å². The average Bonchev–Trinajstić information content (AvgIpc) is 2.64. The van der Waals surface area contributed by atoms with Crippen molar-refractivity contribution in [2.75, 3.05) is 7.11 Å². The van der Waals surface area contributed by atoms with Gasteiger partial charge in [0.1, 0.15) is 6.10 Å². The normalized spacial score (nSPS) is 15.2. The maximum Gasteiger partial charge on any atom is 0.443 e. The van der Waals surface area contributed by atoms with E-state index in [9.17, 15) is 18.3 Å². The van der Waals surface area contributed by atoms with Crippen molar-refractivity contribution >= 4 is 11.3 Å². The van der Waals surface area contributed by atoms with E-state index in [1.165, 1.54) is 7.11 Å². The summed E-state index contributed by atoms with van der Waals surface area (Å²) in [4.78, 5) is 3.37. The van der Waals surface area contributed by atoms with Gasteiger partial charge >= 0.3 is 6.18 Å². The van der Waals surface area contributed by atoms with Crippen LogP contribution in [0.25, 0.3) is 0 Å². The van der Waals surface area contributed by atoms with Crippen LogP contribution in [0.1, 0.15) is 29.8 Å². The largest absolute Gasteiger partial charge is 0.443 e. The Labute approximate surface area is 94.9 Å². The van der Waals surface area contributed by atoms with Gasteiger partial charge in [0.15, 0.2) is 5.01 Å². The minimum atomic E-state index is -4.47. The number of thiazole rings is 1. The van der Waals surface area contributed by atoms with E-state index in [0.29, 0.717) is 11.3 Å². The third kappa shape index (κ3) is 2.72. The van der Waals surface area contributed by atoms with Crippen LogP contribution < -0.4 is 0 Å². The number of alkyl halides is 3. The van der Waals surface area contributed by atoms with Gasteiger partial charge in [0.25, 0.3) is 0 Å². The summed E-state index contributed by atoms with van der Waals surface area (Å²) in [5.41, 5.74) is -0.949. The van der Waals surface area contributed by atoms with Crippen molar-refractivity contribution < 1.29 is 23.0 Å². The van der Waals surface area contributed by atoms with Crippen LogP contribution in [-0.4, -0.2) is 22.8 Å². The molecule has 1 aromatic rings. The second-order valence-electron chi connectivity index (χ2n) is 3.78. The summed E-state index contributed by atoms with van der Waals surface area (Å²) in [6.07, 6.45) is -4.58. The third-order valence-electron chi connectivity index (χ3n) is 2.22. The fraction of sp³-hybridized carbons (Fsp3) is 0.667. The quantitative estimate of drug-likeness (QED) is 0.902. The number of nitrogens with zero attached hydrogens (tertiary/aromatic N) is 1. The first-order valence-corrected chi connectivity index (χ1v) is 5.26. The number of rotatable bonds is 3. The zero-order valence-corrected chi connectivity index (χ0v) is 9.82. The maximum atomic E-state index is 12.3. The standard InChI is InChI=1S/C9H12F3NO2S/c1-8(2,15-3)6(14)5-4-13-7(16-5)9(10,11)12/h4,6,14H,1-3H3. The molecule has 0 saturated heterocycles. The first kappa shape index (κ1) is 13.4. The SMILES string of the molecule is COC(C)(C)C(O)c1cnc(C(F)(F)F)s1. The molecule has 1 heterocycles. The van der Waals surface area contributed by atoms with Crippen LogP contribution in [0.4, 0.5) is 13.2 Å². The van der Waals surface area contributed by atoms with Gasteiger partial charge in [-0.05, 0) is 13.8 Å². The summed E-state index contributed by atoms with van der Waals surface area (Å²) in [5.74, 6) is 0. The summed E-state index contributed by atoms with van der Waals surface area (Å²) >= 11 is 0.424. The van der Waals surface area contributed by atoms with Gasteiger partial charge in [0.05, 0.1) is 10.5 Å². The highest BCUT2D eigenvalue weighted by Gasteiger charge is 2.37. The molecule has 1 atom stereocenters. The number of hydrogen-bond acceptors (Lipinski definition) is 4. The van der Waals surface area contributed by atoms with Gasteiger partial charge in [-0.1, -0.05) is 0 Å². The van der Waals surface area contributed by atoms with E-state index in [1.54, 1.807) is 13.8 Å². The number of methoxy groups -OCH3 is 1. The number of aliphatic hydroxyl groups excluding tert-OH is 1. The number of halogens is 3. The third-order valence-corrected chi connectivity index (χ3v) is 3.31. The predicted octanol–water partition coefficient (Wildman–Crippen LogP) is 2.62. The second-order valence-corrected chi connectivity index (χ2v) is 4.84. The van der Waals surface area contributed by atoms with Crippen molar-refractivity contribution in [3.63, 3.8) is 0 Å². The molecule has 0 aromatic carbocycles. The molecule has 0 fully saturated rings. The summed E-state index contributed by atoms with van der Waals surface area (Å²) < 4.78 is 41.8. The van der Waals surface area contributed by atoms with Gasteiger partial charge < -0.3 is 9.84 Å². The molecule has 0 aliphatic carbocycles. The fourth-order valence-electron chi connectivity index (χ4n) is 0.998. The predicted molar refractivity (Wildman–Crippen MR) is 53.2 cm³/mol. The highest BCUT2D eigenvalue weighted by molar-refractivity contribution is 7.11. The molecule has 0 saturated carbocycles. The van der Waals surface area contributed by atoms with Crippen LogP contribution in [-0.2, 0) is 10.9 Å². The van der Waals surface area contributed by atoms with E-state index in [4.69, 9.17) is 4.74 Å². The molecule has 3 nitrogen and oxygen atoms in total. The van der Waals surface area contributed by atoms with Gasteiger partial charge in [-0.15, -0.1) is 11.3 Å². The van der Waals surface area contributed by atoms with Gasteiger partial charge in [0, 0.05) is 13.3 Å². The first-order valence-electron chi connectivity index (χ1n) is 4.44. The Morgan fingerprint density at radius 3 is 2.38 bits per heavy atom. The smallest absolute Gasteiger partial charge is 0.385 e. The molecule has 7 heteroatoms. The van der Waals surface area contributed by atoms with Crippen LogP contribution in [0.15, 0.2) is 6.20 Å². The van der Waals surface area contributed by atoms with Crippen LogP contribution in [0.3, 0.4) is 0 Å². The summed E-state index contributed by atoms with van der Waals surface area (Å²) in [5, 5.41) is 8.84. The fourth-order valence-corrected chi connectivity index (χ4v) is 1.94. The molecule has 0 radical (unpaired) electrons. The lowest BCUT2D eigenvalue weighted by atomic mass is 10.0. The molecule has 92 valence electrons. The molecule has 16 heavy (non-hydrogen) atoms. The molecule has 0 spiro atoms. The van der Waals surface area contributed by atoms with Crippen molar-refractivity contribution in [2.24, 2.45) is 0 Å². The Balaban J connectivity index is 2.95. The van der Waals surface area contributed by atoms with E-state index in [2.05, 4.69) is 4.98 Å². The number of aliphatic hydroxyl groups is 1. The summed E-state index contributed by atoms with van der Waals surface area (Å²) in [7, 11) is 1.38. The Morgan fingerprint density at radius 1 is 1.44 bits per heavy atom. The molecule has 1 unspecified atom stereocenters. The van der Waals surface area contributed by atoms with E-state index in [1.807, 2.05) is 0 Å². The van der Waals surface area contributed by atoms with Gasteiger partial charge in [0.2, 0.25) is 0 Å². The number of aromatic nitrogens is 1. The number of hydrogen-bond donors (Lipinski definition) is 1. The molecule has 0 aliphatic heterocycles. The molecule has 0 aliphatic rings. The Bertz CT molecular complexity index is 362. The topological polar surface area (TPSA) is 42.4 Å². The van der Waals surface area contributed by atoms with Gasteiger partial charge in [-0.25, -0.2) is 4.98 Å². The zero-order chi connectivity index (χ0) is 12.6. The van der Waals surface area contributed by atoms with Gasteiger partial charge in [-0.3, -0.25) is 0 Å². The van der Waals surface area contributed by atoms with Crippen molar-refractivity contribution in [1.82, 2.24) is 4.98 Å². The van der Waals surface area contributed by atoms with Crippen LogP contribution in [0.2, 0.25) is 0 Å². The summed E-state index contributed by atoms with van der Waals surface area (Å²) in [6, 6.07) is 0. The molecular weight excluding hydrogens is 243 g/mol. The van der Waals surface area contributed by atoms with Crippen molar-refractivity contribution in [3.05, 3.63) is 16.1 Å². The Hall–Kier alpha value is -0.660. The molecular formula is C9H12F3NO2S. The first-order chi connectivity index (χ1) is 7.18. The molecule has 1 N–H and O–H groups in total. The van der Waals surface area contributed by atoms with E-state index in [-0.39, 0.29) is 4.88 Å². The lowest BCUT2D eigenvalue weighted by molar-refractivity contribution is -0.137. The lowest BCUT2D eigenvalue weighted by Gasteiger charge is -2.27. The highest BCUT2D eigenvalue weighted by atomic mass is 32.1. The van der Waals surface area contributed by atoms with E-state index in [0.717, 1.165) is 6.20 Å². The monoisotopic (exact) mass is 255 g/mol. The maximum absolute atomic E-state index is 12.3. The molecule has 1 aromatic heterocycles. The minimum absolute atomic E-state index is 0.138. The van der Waals surface area contributed by atoms with Crippen molar-refractivity contribution in [2.45, 2.75) is 31.7 Å². The van der Waals surface area contributed by atoms with Crippen molar-refractivity contribution in [3.8, 4) is 0 Å². The highest BCUT2D eigenvalue weighted by Crippen LogP contribution is 2.37. The van der Waals surface area contributed by atoms with E-state index < -0.39 is 22.9 Å².